The van der Waals surface area contributed by atoms with Crippen LogP contribution >= 0.6 is 11.6 Å². The minimum Gasteiger partial charge on any atom is -0.361 e. The second kappa shape index (κ2) is 13.2. The molecule has 0 aliphatic heterocycles. The first-order chi connectivity index (χ1) is 20.3. The summed E-state index contributed by atoms with van der Waals surface area (Å²) in [5.74, 6) is 3.81. The normalized spacial score (nSPS) is 24.5. The van der Waals surface area contributed by atoms with Gasteiger partial charge in [-0.15, -0.1) is 12.3 Å². The van der Waals surface area contributed by atoms with E-state index in [1.165, 1.54) is 28.5 Å². The number of halogens is 1. The van der Waals surface area contributed by atoms with E-state index in [1.54, 1.807) is 6.08 Å². The van der Waals surface area contributed by atoms with E-state index in [1.807, 2.05) is 25.1 Å². The largest absolute Gasteiger partial charge is 0.361 e. The van der Waals surface area contributed by atoms with E-state index in [0.29, 0.717) is 30.3 Å². The molecule has 1 amide bonds. The molecule has 1 heterocycles. The summed E-state index contributed by atoms with van der Waals surface area (Å²) in [5.41, 5.74) is 6.96. The van der Waals surface area contributed by atoms with Crippen LogP contribution in [0.5, 0.6) is 0 Å². The zero-order valence-electron chi connectivity index (χ0n) is 24.7. The standard InChI is InChI=1S/C37H41ClN2O2/c1-5-8-30-33(29(7-3)27(20-36(30)41)12-11-25-10-9-24(6-2)18-34(25)38)21-37(42)39-16-15-28-22-40-35-14-13-26(19-32(28)35)31-17-23(31)4/h1,6-7,9-10,13-14,18-19,22-23,27,30-31,33,40H,2,8,11-12,15-17,20-21H2,3-4H3,(H,39,42). The Morgan fingerprint density at radius 2 is 2.00 bits per heavy atom. The van der Waals surface area contributed by atoms with Crippen molar-refractivity contribution in [3.63, 3.8) is 0 Å². The molecule has 5 unspecified atom stereocenters. The van der Waals surface area contributed by atoms with Gasteiger partial charge in [-0.25, -0.2) is 0 Å². The van der Waals surface area contributed by atoms with Crippen LogP contribution in [0.15, 0.2) is 60.8 Å². The van der Waals surface area contributed by atoms with Gasteiger partial charge >= 0.3 is 0 Å². The van der Waals surface area contributed by atoms with Crippen molar-refractivity contribution in [2.45, 2.75) is 64.7 Å². The van der Waals surface area contributed by atoms with Gasteiger partial charge < -0.3 is 10.3 Å². The number of fused-ring (bicyclic) bond motifs is 1. The number of carbonyl (C=O) groups is 2. The third-order valence-corrected chi connectivity index (χ3v) is 9.80. The van der Waals surface area contributed by atoms with Crippen molar-refractivity contribution >= 4 is 40.3 Å². The average Bonchev–Trinajstić information content (AvgIpc) is 3.58. The first kappa shape index (κ1) is 29.9. The minimum absolute atomic E-state index is 0.0368. The Labute approximate surface area is 255 Å². The number of benzene rings is 2. The summed E-state index contributed by atoms with van der Waals surface area (Å²) in [6.45, 7) is 8.67. The topological polar surface area (TPSA) is 62.0 Å². The lowest BCUT2D eigenvalue weighted by Crippen LogP contribution is -2.39. The first-order valence-electron chi connectivity index (χ1n) is 15.2. The number of aryl methyl sites for hydroxylation is 1. The zero-order valence-corrected chi connectivity index (χ0v) is 25.5. The molecule has 5 atom stereocenters. The van der Waals surface area contributed by atoms with E-state index in [4.69, 9.17) is 18.0 Å². The fourth-order valence-electron chi connectivity index (χ4n) is 6.88. The summed E-state index contributed by atoms with van der Waals surface area (Å²) in [6, 6.07) is 12.7. The van der Waals surface area contributed by atoms with Gasteiger partial charge in [-0.1, -0.05) is 61.0 Å². The van der Waals surface area contributed by atoms with E-state index in [0.717, 1.165) is 41.8 Å². The van der Waals surface area contributed by atoms with Crippen LogP contribution < -0.4 is 5.32 Å². The molecule has 5 heteroatoms. The Morgan fingerprint density at radius 3 is 2.69 bits per heavy atom. The van der Waals surface area contributed by atoms with Gasteiger partial charge in [-0.3, -0.25) is 9.59 Å². The Bertz CT molecular complexity index is 1560. The lowest BCUT2D eigenvalue weighted by molar-refractivity contribution is -0.128. The summed E-state index contributed by atoms with van der Waals surface area (Å²) in [4.78, 5) is 30.0. The van der Waals surface area contributed by atoms with Crippen molar-refractivity contribution < 1.29 is 9.59 Å². The zero-order chi connectivity index (χ0) is 29.8. The molecule has 4 nitrogen and oxygen atoms in total. The predicted molar refractivity (Wildman–Crippen MR) is 173 cm³/mol. The Morgan fingerprint density at radius 1 is 1.19 bits per heavy atom. The minimum atomic E-state index is -0.324. The van der Waals surface area contributed by atoms with E-state index in [9.17, 15) is 9.59 Å². The number of rotatable bonds is 11. The molecule has 42 heavy (non-hydrogen) atoms. The molecule has 2 N–H and O–H groups in total. The predicted octanol–water partition coefficient (Wildman–Crippen LogP) is 8.06. The lowest BCUT2D eigenvalue weighted by Gasteiger charge is -2.37. The van der Waals surface area contributed by atoms with Crippen molar-refractivity contribution in [1.82, 2.24) is 10.3 Å². The Kier molecular flexibility index (Phi) is 9.39. The molecule has 218 valence electrons. The Balaban J connectivity index is 1.23. The highest BCUT2D eigenvalue weighted by atomic mass is 35.5. The van der Waals surface area contributed by atoms with Crippen molar-refractivity contribution in [3.05, 3.63) is 88.1 Å². The van der Waals surface area contributed by atoms with E-state index < -0.39 is 0 Å². The van der Waals surface area contributed by atoms with Crippen molar-refractivity contribution in [1.29, 1.82) is 0 Å². The van der Waals surface area contributed by atoms with Crippen LogP contribution in [0.25, 0.3) is 17.0 Å². The SMILES string of the molecule is C#CCC1C(=O)CC(CCc2ccc(C=C)cc2Cl)C(=CC)C1CC(=O)NCCc1c[nH]c2ccc(C3CC3C)cc12. The lowest BCUT2D eigenvalue weighted by atomic mass is 9.66. The molecular weight excluding hydrogens is 540 g/mol. The summed E-state index contributed by atoms with van der Waals surface area (Å²) in [6.07, 6.45) is 16.3. The van der Waals surface area contributed by atoms with Crippen molar-refractivity contribution in [3.8, 4) is 12.3 Å². The first-order valence-corrected chi connectivity index (χ1v) is 15.6. The number of allylic oxidation sites excluding steroid dienone is 2. The molecule has 0 saturated heterocycles. The highest BCUT2D eigenvalue weighted by Gasteiger charge is 2.40. The summed E-state index contributed by atoms with van der Waals surface area (Å²) < 4.78 is 0. The molecule has 2 fully saturated rings. The van der Waals surface area contributed by atoms with Crippen LogP contribution in [-0.4, -0.2) is 23.2 Å². The highest BCUT2D eigenvalue weighted by Crippen LogP contribution is 2.47. The van der Waals surface area contributed by atoms with Crippen molar-refractivity contribution in [2.24, 2.45) is 23.7 Å². The number of hydrogen-bond acceptors (Lipinski definition) is 2. The van der Waals surface area contributed by atoms with Gasteiger partial charge in [0.25, 0.3) is 0 Å². The number of aromatic amines is 1. The van der Waals surface area contributed by atoms with Gasteiger partial charge in [0, 0.05) is 53.8 Å². The molecular formula is C37H41ClN2O2. The number of carbonyl (C=O) groups excluding carboxylic acids is 2. The van der Waals surface area contributed by atoms with Gasteiger partial charge in [-0.2, -0.15) is 0 Å². The van der Waals surface area contributed by atoms with Crippen LogP contribution in [0, 0.1) is 36.0 Å². The fourth-order valence-corrected chi connectivity index (χ4v) is 7.17. The number of aromatic nitrogens is 1. The van der Waals surface area contributed by atoms with Gasteiger partial charge in [0.15, 0.2) is 0 Å². The second-order valence-electron chi connectivity index (χ2n) is 12.1. The average molecular weight is 581 g/mol. The second-order valence-corrected chi connectivity index (χ2v) is 12.5. The molecule has 2 aliphatic rings. The molecule has 2 saturated carbocycles. The van der Waals surface area contributed by atoms with Crippen LogP contribution in [-0.2, 0) is 22.4 Å². The Hall–Kier alpha value is -3.55. The molecule has 0 bridgehead atoms. The quantitative estimate of drug-likeness (QED) is 0.178. The third kappa shape index (κ3) is 6.58. The summed E-state index contributed by atoms with van der Waals surface area (Å²) in [7, 11) is 0. The maximum Gasteiger partial charge on any atom is 0.220 e. The smallest absolute Gasteiger partial charge is 0.220 e. The highest BCUT2D eigenvalue weighted by molar-refractivity contribution is 6.31. The fraction of sp³-hybridized carbons (Fsp3) is 0.405. The van der Waals surface area contributed by atoms with E-state index in [-0.39, 0.29) is 35.9 Å². The number of H-pyrrole nitrogens is 1. The van der Waals surface area contributed by atoms with Gasteiger partial charge in [-0.05, 0) is 96.7 Å². The van der Waals surface area contributed by atoms with Crippen LogP contribution in [0.3, 0.4) is 0 Å². The van der Waals surface area contributed by atoms with Gasteiger partial charge in [0.05, 0.1) is 0 Å². The molecule has 1 aromatic heterocycles. The molecule has 0 radical (unpaired) electrons. The number of hydrogen-bond donors (Lipinski definition) is 2. The van der Waals surface area contributed by atoms with E-state index in [2.05, 4.69) is 60.2 Å². The van der Waals surface area contributed by atoms with Crippen LogP contribution in [0.4, 0.5) is 0 Å². The monoisotopic (exact) mass is 580 g/mol. The molecule has 0 spiro atoms. The number of ketones is 1. The van der Waals surface area contributed by atoms with Gasteiger partial charge in [0.1, 0.15) is 5.78 Å². The number of Topliss-reactive ketones (excluding diaryl/α,β-unsaturated/α-hetero) is 1. The summed E-state index contributed by atoms with van der Waals surface area (Å²) >= 11 is 6.53. The number of amides is 1. The third-order valence-electron chi connectivity index (χ3n) is 9.44. The van der Waals surface area contributed by atoms with Crippen LogP contribution in [0.2, 0.25) is 5.02 Å². The number of terminal acetylenes is 1. The van der Waals surface area contributed by atoms with Crippen LogP contribution in [0.1, 0.15) is 74.1 Å². The van der Waals surface area contributed by atoms with Crippen molar-refractivity contribution in [2.75, 3.05) is 6.54 Å². The maximum atomic E-state index is 13.3. The summed E-state index contributed by atoms with van der Waals surface area (Å²) in [5, 5.41) is 5.09. The van der Waals surface area contributed by atoms with Gasteiger partial charge in [0.2, 0.25) is 5.91 Å². The molecule has 3 aromatic rings. The molecule has 2 aromatic carbocycles. The molecule has 5 rings (SSSR count). The van der Waals surface area contributed by atoms with E-state index >= 15 is 0 Å². The molecule has 2 aliphatic carbocycles. The maximum absolute atomic E-state index is 13.3. The number of nitrogens with one attached hydrogen (secondary N) is 2.